The lowest BCUT2D eigenvalue weighted by molar-refractivity contribution is -0.117. The summed E-state index contributed by atoms with van der Waals surface area (Å²) in [7, 11) is 0. The normalized spacial score (nSPS) is 10.5. The molecule has 1 amide bonds. The summed E-state index contributed by atoms with van der Waals surface area (Å²) in [4.78, 5) is 11.9. The van der Waals surface area contributed by atoms with Gasteiger partial charge >= 0.3 is 0 Å². The maximum Gasteiger partial charge on any atom is 0.246 e. The van der Waals surface area contributed by atoms with E-state index >= 15 is 0 Å². The molecule has 1 N–H and O–H groups in total. The van der Waals surface area contributed by atoms with Gasteiger partial charge in [0.1, 0.15) is 12.4 Å². The molecule has 19 heavy (non-hydrogen) atoms. The van der Waals surface area contributed by atoms with E-state index in [-0.39, 0.29) is 18.1 Å². The highest BCUT2D eigenvalue weighted by atomic mass is 19.1. The molecule has 0 aliphatic rings. The Bertz CT molecular complexity index is 619. The van der Waals surface area contributed by atoms with Gasteiger partial charge in [-0.25, -0.2) is 4.39 Å². The lowest BCUT2D eigenvalue weighted by Gasteiger charge is -2.08. The zero-order valence-corrected chi connectivity index (χ0v) is 11.2. The van der Waals surface area contributed by atoms with Crippen LogP contribution in [0.4, 0.5) is 10.1 Å². The first-order valence-electron chi connectivity index (χ1n) is 6.03. The zero-order valence-electron chi connectivity index (χ0n) is 11.2. The maximum absolute atomic E-state index is 13.5. The second-order valence-electron chi connectivity index (χ2n) is 4.62. The first kappa shape index (κ1) is 13.3. The Hall–Kier alpha value is -2.17. The van der Waals surface area contributed by atoms with Gasteiger partial charge in [0, 0.05) is 5.69 Å². The summed E-state index contributed by atoms with van der Waals surface area (Å²) in [6.45, 7) is 5.66. The minimum Gasteiger partial charge on any atom is -0.322 e. The van der Waals surface area contributed by atoms with Crippen LogP contribution in [0.1, 0.15) is 17.0 Å². The Morgan fingerprint density at radius 1 is 1.32 bits per heavy atom. The molecule has 100 valence electrons. The van der Waals surface area contributed by atoms with Crippen molar-refractivity contribution >= 4 is 11.6 Å². The molecule has 2 aromatic rings. The first-order valence-corrected chi connectivity index (χ1v) is 6.03. The summed E-state index contributed by atoms with van der Waals surface area (Å²) >= 11 is 0. The number of carbonyl (C=O) groups excluding carboxylic acids is 1. The van der Waals surface area contributed by atoms with Crippen LogP contribution in [0, 0.1) is 26.6 Å². The summed E-state index contributed by atoms with van der Waals surface area (Å²) in [6.07, 6.45) is 0. The number of aryl methyl sites for hydroxylation is 3. The van der Waals surface area contributed by atoms with Crippen molar-refractivity contribution < 1.29 is 9.18 Å². The van der Waals surface area contributed by atoms with Gasteiger partial charge in [0.2, 0.25) is 5.91 Å². The maximum atomic E-state index is 13.5. The number of carbonyl (C=O) groups is 1. The number of hydrogen-bond acceptors (Lipinski definition) is 2. The third kappa shape index (κ3) is 3.19. The number of amides is 1. The number of hydrogen-bond donors (Lipinski definition) is 1. The van der Waals surface area contributed by atoms with Crippen molar-refractivity contribution in [3.63, 3.8) is 0 Å². The zero-order chi connectivity index (χ0) is 14.0. The molecule has 0 bridgehead atoms. The summed E-state index contributed by atoms with van der Waals surface area (Å²) < 4.78 is 15.1. The van der Waals surface area contributed by atoms with Gasteiger partial charge in [0.05, 0.1) is 11.4 Å². The quantitative estimate of drug-likeness (QED) is 0.923. The molecular weight excluding hydrogens is 245 g/mol. The Balaban J connectivity index is 2.09. The van der Waals surface area contributed by atoms with Crippen LogP contribution < -0.4 is 5.32 Å². The van der Waals surface area contributed by atoms with E-state index in [1.54, 1.807) is 16.8 Å². The van der Waals surface area contributed by atoms with Crippen molar-refractivity contribution in [2.24, 2.45) is 0 Å². The Morgan fingerprint density at radius 2 is 2.05 bits per heavy atom. The average molecular weight is 261 g/mol. The van der Waals surface area contributed by atoms with Gasteiger partial charge in [-0.05, 0) is 44.5 Å². The molecule has 0 unspecified atom stereocenters. The van der Waals surface area contributed by atoms with E-state index in [2.05, 4.69) is 10.4 Å². The second kappa shape index (κ2) is 5.22. The highest BCUT2D eigenvalue weighted by Gasteiger charge is 2.10. The fourth-order valence-corrected chi connectivity index (χ4v) is 1.90. The van der Waals surface area contributed by atoms with E-state index in [0.29, 0.717) is 0 Å². The van der Waals surface area contributed by atoms with Crippen LogP contribution in [0.25, 0.3) is 0 Å². The lowest BCUT2D eigenvalue weighted by Crippen LogP contribution is -2.21. The molecule has 0 saturated carbocycles. The number of aromatic nitrogens is 2. The minimum atomic E-state index is -0.438. The van der Waals surface area contributed by atoms with Crippen molar-refractivity contribution in [2.45, 2.75) is 27.3 Å². The number of rotatable bonds is 3. The molecule has 0 fully saturated rings. The third-order valence-electron chi connectivity index (χ3n) is 2.79. The smallest absolute Gasteiger partial charge is 0.246 e. The Morgan fingerprint density at radius 3 is 2.68 bits per heavy atom. The van der Waals surface area contributed by atoms with E-state index in [1.165, 1.54) is 6.07 Å². The number of halogens is 1. The van der Waals surface area contributed by atoms with E-state index in [0.717, 1.165) is 17.0 Å². The minimum absolute atomic E-state index is 0.0764. The van der Waals surface area contributed by atoms with E-state index in [4.69, 9.17) is 0 Å². The molecule has 0 saturated heterocycles. The summed E-state index contributed by atoms with van der Waals surface area (Å²) in [5.74, 6) is -0.733. The van der Waals surface area contributed by atoms with E-state index in [9.17, 15) is 9.18 Å². The molecule has 0 atom stereocenters. The predicted octanol–water partition coefficient (Wildman–Crippen LogP) is 2.59. The van der Waals surface area contributed by atoms with Gasteiger partial charge in [-0.15, -0.1) is 0 Å². The molecule has 2 rings (SSSR count). The number of nitrogens with zero attached hydrogens (tertiary/aromatic N) is 2. The first-order chi connectivity index (χ1) is 8.95. The van der Waals surface area contributed by atoms with E-state index in [1.807, 2.05) is 26.8 Å². The molecule has 0 aliphatic heterocycles. The topological polar surface area (TPSA) is 46.9 Å². The number of nitrogens with one attached hydrogen (secondary N) is 1. The molecule has 0 spiro atoms. The fraction of sp³-hybridized carbons (Fsp3) is 0.286. The highest BCUT2D eigenvalue weighted by Crippen LogP contribution is 2.15. The number of anilines is 1. The van der Waals surface area contributed by atoms with Crippen LogP contribution >= 0.6 is 0 Å². The average Bonchev–Trinajstić information content (AvgIpc) is 2.62. The third-order valence-corrected chi connectivity index (χ3v) is 2.79. The van der Waals surface area contributed by atoms with Crippen LogP contribution in [0.5, 0.6) is 0 Å². The van der Waals surface area contributed by atoms with E-state index < -0.39 is 5.82 Å². The van der Waals surface area contributed by atoms with Crippen LogP contribution in [0.15, 0.2) is 24.3 Å². The van der Waals surface area contributed by atoms with Crippen molar-refractivity contribution in [3.8, 4) is 0 Å². The lowest BCUT2D eigenvalue weighted by atomic mass is 10.2. The number of benzene rings is 1. The van der Waals surface area contributed by atoms with Crippen LogP contribution in [0.3, 0.4) is 0 Å². The SMILES string of the molecule is Cc1ccc(F)c(NC(=O)Cn2nc(C)cc2C)c1. The summed E-state index contributed by atoms with van der Waals surface area (Å²) in [5, 5.41) is 6.76. The van der Waals surface area contributed by atoms with Gasteiger partial charge in [-0.2, -0.15) is 5.10 Å². The highest BCUT2D eigenvalue weighted by molar-refractivity contribution is 5.90. The van der Waals surface area contributed by atoms with Crippen molar-refractivity contribution in [3.05, 3.63) is 47.0 Å². The van der Waals surface area contributed by atoms with Crippen LogP contribution in [-0.2, 0) is 11.3 Å². The Kier molecular flexibility index (Phi) is 3.64. The molecule has 0 aliphatic carbocycles. The molecule has 4 nitrogen and oxygen atoms in total. The largest absolute Gasteiger partial charge is 0.322 e. The van der Waals surface area contributed by atoms with Crippen molar-refractivity contribution in [2.75, 3.05) is 5.32 Å². The monoisotopic (exact) mass is 261 g/mol. The van der Waals surface area contributed by atoms with Crippen molar-refractivity contribution in [1.29, 1.82) is 0 Å². The standard InChI is InChI=1S/C14H16FN3O/c1-9-4-5-12(15)13(6-9)16-14(19)8-18-11(3)7-10(2)17-18/h4-7H,8H2,1-3H3,(H,16,19). The second-order valence-corrected chi connectivity index (χ2v) is 4.62. The molecule has 1 heterocycles. The van der Waals surface area contributed by atoms with Gasteiger partial charge in [-0.3, -0.25) is 9.48 Å². The summed E-state index contributed by atoms with van der Waals surface area (Å²) in [5.41, 5.74) is 2.85. The van der Waals surface area contributed by atoms with Gasteiger partial charge in [0.15, 0.2) is 0 Å². The molecule has 1 aromatic heterocycles. The van der Waals surface area contributed by atoms with Crippen molar-refractivity contribution in [1.82, 2.24) is 9.78 Å². The Labute approximate surface area is 111 Å². The predicted molar refractivity (Wildman–Crippen MR) is 71.5 cm³/mol. The summed E-state index contributed by atoms with van der Waals surface area (Å²) in [6, 6.07) is 6.50. The van der Waals surface area contributed by atoms with Gasteiger partial charge in [0.25, 0.3) is 0 Å². The van der Waals surface area contributed by atoms with Crippen LogP contribution in [-0.4, -0.2) is 15.7 Å². The fourth-order valence-electron chi connectivity index (χ4n) is 1.90. The van der Waals surface area contributed by atoms with Gasteiger partial charge < -0.3 is 5.32 Å². The van der Waals surface area contributed by atoms with Gasteiger partial charge in [-0.1, -0.05) is 6.07 Å². The van der Waals surface area contributed by atoms with Crippen LogP contribution in [0.2, 0.25) is 0 Å². The molecule has 5 heteroatoms. The molecule has 1 aromatic carbocycles. The molecular formula is C14H16FN3O. The molecule has 0 radical (unpaired) electrons.